The molecule has 0 aliphatic carbocycles. The fraction of sp³-hybridized carbons (Fsp3) is 0.300. The summed E-state index contributed by atoms with van der Waals surface area (Å²) in [4.78, 5) is 6.13. The zero-order valence-electron chi connectivity index (χ0n) is 16.5. The first-order valence-corrected chi connectivity index (χ1v) is 10.9. The molecule has 2 aromatic heterocycles. The molecule has 0 spiro atoms. The van der Waals surface area contributed by atoms with Gasteiger partial charge in [0.05, 0.1) is 19.0 Å². The van der Waals surface area contributed by atoms with Crippen molar-refractivity contribution in [3.05, 3.63) is 60.3 Å². The van der Waals surface area contributed by atoms with Crippen LogP contribution in [0.1, 0.15) is 5.56 Å². The molecule has 0 atom stereocenters. The predicted octanol–water partition coefficient (Wildman–Crippen LogP) is 2.13. The maximum atomic E-state index is 14.1. The predicted molar refractivity (Wildman–Crippen MR) is 109 cm³/mol. The summed E-state index contributed by atoms with van der Waals surface area (Å²) in [5.74, 6) is 0.294. The first kappa shape index (κ1) is 20.5. The van der Waals surface area contributed by atoms with E-state index in [1.54, 1.807) is 36.7 Å². The van der Waals surface area contributed by atoms with Gasteiger partial charge in [-0.2, -0.15) is 9.40 Å². The molecule has 0 bridgehead atoms. The molecule has 3 heterocycles. The van der Waals surface area contributed by atoms with Crippen LogP contribution >= 0.6 is 0 Å². The minimum atomic E-state index is -3.71. The van der Waals surface area contributed by atoms with Crippen molar-refractivity contribution >= 4 is 10.0 Å². The van der Waals surface area contributed by atoms with Gasteiger partial charge in [-0.25, -0.2) is 12.8 Å². The van der Waals surface area contributed by atoms with Crippen molar-refractivity contribution in [3.63, 3.8) is 0 Å². The number of methoxy groups -OCH3 is 1. The summed E-state index contributed by atoms with van der Waals surface area (Å²) in [7, 11) is -2.18. The van der Waals surface area contributed by atoms with Gasteiger partial charge in [-0.15, -0.1) is 0 Å². The van der Waals surface area contributed by atoms with Gasteiger partial charge in [-0.05, 0) is 30.3 Å². The highest BCUT2D eigenvalue weighted by atomic mass is 32.2. The number of hydrogen-bond acceptors (Lipinski definition) is 6. The SMILES string of the molecule is COc1ccc(F)c(CN2CCN(S(=O)(=O)c3cn[nH]c3-c3ccncc3)CC2)c1. The zero-order valence-corrected chi connectivity index (χ0v) is 17.3. The Balaban J connectivity index is 1.46. The monoisotopic (exact) mass is 431 g/mol. The van der Waals surface area contributed by atoms with Crippen molar-refractivity contribution in [2.45, 2.75) is 11.4 Å². The average molecular weight is 431 g/mol. The fourth-order valence-corrected chi connectivity index (χ4v) is 5.03. The first-order chi connectivity index (χ1) is 14.5. The molecule has 1 saturated heterocycles. The van der Waals surface area contributed by atoms with Gasteiger partial charge in [0.15, 0.2) is 0 Å². The number of H-pyrrole nitrogens is 1. The largest absolute Gasteiger partial charge is 0.497 e. The van der Waals surface area contributed by atoms with Crippen LogP contribution in [-0.4, -0.2) is 66.1 Å². The van der Waals surface area contributed by atoms with Crippen LogP contribution in [0, 0.1) is 5.82 Å². The van der Waals surface area contributed by atoms with Gasteiger partial charge in [-0.1, -0.05) is 0 Å². The van der Waals surface area contributed by atoms with Gasteiger partial charge in [0.25, 0.3) is 0 Å². The number of ether oxygens (including phenoxy) is 1. The molecule has 1 aliphatic rings. The lowest BCUT2D eigenvalue weighted by Crippen LogP contribution is -2.48. The second-order valence-electron chi connectivity index (χ2n) is 6.98. The summed E-state index contributed by atoms with van der Waals surface area (Å²) in [5.41, 5.74) is 1.67. The molecule has 8 nitrogen and oxygen atoms in total. The summed E-state index contributed by atoms with van der Waals surface area (Å²) in [6, 6.07) is 8.09. The summed E-state index contributed by atoms with van der Waals surface area (Å²) in [6.07, 6.45) is 4.54. The van der Waals surface area contributed by atoms with E-state index in [4.69, 9.17) is 4.74 Å². The first-order valence-electron chi connectivity index (χ1n) is 9.48. The molecule has 10 heteroatoms. The molecule has 0 saturated carbocycles. The molecule has 0 radical (unpaired) electrons. The van der Waals surface area contributed by atoms with E-state index in [1.165, 1.54) is 23.7 Å². The molecule has 1 aliphatic heterocycles. The Morgan fingerprint density at radius 1 is 1.13 bits per heavy atom. The summed E-state index contributed by atoms with van der Waals surface area (Å²) < 4.78 is 47.1. The van der Waals surface area contributed by atoms with E-state index in [9.17, 15) is 12.8 Å². The average Bonchev–Trinajstić information content (AvgIpc) is 3.27. The number of nitrogens with one attached hydrogen (secondary N) is 1. The second-order valence-corrected chi connectivity index (χ2v) is 8.89. The number of aromatic nitrogens is 3. The van der Waals surface area contributed by atoms with Crippen molar-refractivity contribution in [2.75, 3.05) is 33.3 Å². The maximum absolute atomic E-state index is 14.1. The van der Waals surface area contributed by atoms with Gasteiger partial charge < -0.3 is 4.74 Å². The highest BCUT2D eigenvalue weighted by molar-refractivity contribution is 7.89. The lowest BCUT2D eigenvalue weighted by Gasteiger charge is -2.34. The van der Waals surface area contributed by atoms with Crippen LogP contribution in [-0.2, 0) is 16.6 Å². The Morgan fingerprint density at radius 3 is 2.57 bits per heavy atom. The van der Waals surface area contributed by atoms with Crippen molar-refractivity contribution < 1.29 is 17.5 Å². The number of nitrogens with zero attached hydrogens (tertiary/aromatic N) is 4. The summed E-state index contributed by atoms with van der Waals surface area (Å²) in [5, 5.41) is 6.72. The Labute approximate surface area is 174 Å². The Morgan fingerprint density at radius 2 is 1.87 bits per heavy atom. The standard InChI is InChI=1S/C20H22FN5O3S/c1-29-17-2-3-18(21)16(12-17)14-25-8-10-26(11-9-25)30(27,28)19-13-23-24-20(19)15-4-6-22-7-5-15/h2-7,12-13H,8-11,14H2,1H3,(H,23,24). The van der Waals surface area contributed by atoms with Gasteiger partial charge in [0.2, 0.25) is 10.0 Å². The van der Waals surface area contributed by atoms with E-state index in [0.29, 0.717) is 55.3 Å². The minimum Gasteiger partial charge on any atom is -0.497 e. The van der Waals surface area contributed by atoms with Crippen LogP contribution < -0.4 is 4.74 Å². The molecule has 4 rings (SSSR count). The van der Waals surface area contributed by atoms with Crippen molar-refractivity contribution in [3.8, 4) is 17.0 Å². The van der Waals surface area contributed by atoms with E-state index in [2.05, 4.69) is 15.2 Å². The van der Waals surface area contributed by atoms with Crippen LogP contribution in [0.25, 0.3) is 11.3 Å². The Bertz CT molecular complexity index is 1110. The number of piperazine rings is 1. The molecule has 1 N–H and O–H groups in total. The minimum absolute atomic E-state index is 0.140. The third-order valence-corrected chi connectivity index (χ3v) is 7.08. The van der Waals surface area contributed by atoms with Crippen LogP contribution in [0.15, 0.2) is 53.8 Å². The number of benzene rings is 1. The van der Waals surface area contributed by atoms with Gasteiger partial charge in [0.1, 0.15) is 16.5 Å². The third kappa shape index (κ3) is 4.07. The van der Waals surface area contributed by atoms with Crippen LogP contribution in [0.3, 0.4) is 0 Å². The molecule has 1 fully saturated rings. The van der Waals surface area contributed by atoms with E-state index in [1.807, 2.05) is 4.90 Å². The Hall–Kier alpha value is -2.82. The van der Waals surface area contributed by atoms with Gasteiger partial charge >= 0.3 is 0 Å². The molecular weight excluding hydrogens is 409 g/mol. The number of sulfonamides is 1. The molecule has 0 amide bonds. The third-order valence-electron chi connectivity index (χ3n) is 5.17. The van der Waals surface area contributed by atoms with E-state index in [0.717, 1.165) is 0 Å². The molecule has 30 heavy (non-hydrogen) atoms. The van der Waals surface area contributed by atoms with Crippen LogP contribution in [0.4, 0.5) is 4.39 Å². The van der Waals surface area contributed by atoms with Gasteiger partial charge in [0, 0.05) is 56.2 Å². The van der Waals surface area contributed by atoms with Crippen LogP contribution in [0.2, 0.25) is 0 Å². The topological polar surface area (TPSA) is 91.4 Å². The summed E-state index contributed by atoms with van der Waals surface area (Å²) in [6.45, 7) is 2.02. The van der Waals surface area contributed by atoms with Crippen molar-refractivity contribution in [1.82, 2.24) is 24.4 Å². The molecule has 3 aromatic rings. The van der Waals surface area contributed by atoms with E-state index < -0.39 is 10.0 Å². The normalized spacial score (nSPS) is 15.9. The molecule has 158 valence electrons. The smallest absolute Gasteiger partial charge is 0.246 e. The molecular formula is C20H22FN5O3S. The van der Waals surface area contributed by atoms with Crippen molar-refractivity contribution in [1.29, 1.82) is 0 Å². The van der Waals surface area contributed by atoms with Crippen LogP contribution in [0.5, 0.6) is 5.75 Å². The quantitative estimate of drug-likeness (QED) is 0.643. The van der Waals surface area contributed by atoms with Gasteiger partial charge in [-0.3, -0.25) is 15.0 Å². The van der Waals surface area contributed by atoms with E-state index >= 15 is 0 Å². The highest BCUT2D eigenvalue weighted by Gasteiger charge is 2.32. The number of pyridine rings is 1. The highest BCUT2D eigenvalue weighted by Crippen LogP contribution is 2.28. The Kier molecular flexibility index (Phi) is 5.80. The number of halogens is 1. The maximum Gasteiger partial charge on any atom is 0.246 e. The number of rotatable bonds is 6. The molecule has 0 unspecified atom stereocenters. The lowest BCUT2D eigenvalue weighted by molar-refractivity contribution is 0.179. The second kappa shape index (κ2) is 8.50. The number of aromatic amines is 1. The lowest BCUT2D eigenvalue weighted by atomic mass is 10.1. The number of hydrogen-bond donors (Lipinski definition) is 1. The van der Waals surface area contributed by atoms with Crippen molar-refractivity contribution in [2.24, 2.45) is 0 Å². The fourth-order valence-electron chi connectivity index (χ4n) is 3.50. The summed E-state index contributed by atoms with van der Waals surface area (Å²) >= 11 is 0. The zero-order chi connectivity index (χ0) is 21.1. The molecule has 1 aromatic carbocycles. The van der Waals surface area contributed by atoms with E-state index in [-0.39, 0.29) is 10.7 Å².